The minimum atomic E-state index is -0.351. The lowest BCUT2D eigenvalue weighted by Crippen LogP contribution is -2.44. The molecule has 0 radical (unpaired) electrons. The van der Waals surface area contributed by atoms with Gasteiger partial charge in [-0.1, -0.05) is 18.0 Å². The molecule has 1 fully saturated rings. The van der Waals surface area contributed by atoms with Crippen molar-refractivity contribution in [3.05, 3.63) is 23.8 Å². The Balaban J connectivity index is 2.25. The summed E-state index contributed by atoms with van der Waals surface area (Å²) in [4.78, 5) is 14.1. The molecule has 5 N–H and O–H groups in total. The zero-order chi connectivity index (χ0) is 15.4. The zero-order valence-corrected chi connectivity index (χ0v) is 11.6. The fraction of sp³-hybridized carbons (Fsp3) is 0.429. The van der Waals surface area contributed by atoms with Gasteiger partial charge in [0.05, 0.1) is 6.54 Å². The lowest BCUT2D eigenvalue weighted by molar-refractivity contribution is 0.0712. The number of carbonyl (C=O) groups is 1. The molecule has 0 aliphatic heterocycles. The fourth-order valence-corrected chi connectivity index (χ4v) is 2.61. The van der Waals surface area contributed by atoms with Gasteiger partial charge in [-0.05, 0) is 31.0 Å². The van der Waals surface area contributed by atoms with E-state index in [2.05, 4.69) is 5.16 Å². The molecule has 0 spiro atoms. The monoisotopic (exact) mass is 293 g/mol. The highest BCUT2D eigenvalue weighted by Gasteiger charge is 2.28. The second kappa shape index (κ2) is 6.34. The second-order valence-corrected chi connectivity index (χ2v) is 5.17. The molecule has 7 heteroatoms. The molecule has 1 aliphatic rings. The van der Waals surface area contributed by atoms with Crippen LogP contribution in [0, 0.1) is 0 Å². The second-order valence-electron chi connectivity index (χ2n) is 5.17. The number of nitrogens with two attached hydrogens (primary N) is 1. The Labute approximate surface area is 122 Å². The van der Waals surface area contributed by atoms with E-state index in [9.17, 15) is 15.0 Å². The summed E-state index contributed by atoms with van der Waals surface area (Å²) in [6.45, 7) is 0.0294. The van der Waals surface area contributed by atoms with Crippen LogP contribution >= 0.6 is 0 Å². The van der Waals surface area contributed by atoms with Crippen LogP contribution in [0.4, 0.5) is 0 Å². The molecular formula is C14H19N3O4. The van der Waals surface area contributed by atoms with Gasteiger partial charge in [0.25, 0.3) is 5.91 Å². The smallest absolute Gasteiger partial charge is 0.254 e. The minimum absolute atomic E-state index is 0.0294. The standard InChI is InChI=1S/C14H19N3O4/c15-13(16-21)8-17(10-3-1-2-4-10)14(20)9-5-6-11(18)12(19)7-9/h5-7,10,18-19,21H,1-4,8H2,(H2,15,16). The van der Waals surface area contributed by atoms with Crippen molar-refractivity contribution in [3.8, 4) is 11.5 Å². The van der Waals surface area contributed by atoms with Gasteiger partial charge in [0, 0.05) is 11.6 Å². The van der Waals surface area contributed by atoms with Crippen molar-refractivity contribution in [2.24, 2.45) is 10.9 Å². The van der Waals surface area contributed by atoms with Crippen LogP contribution in [-0.4, -0.2) is 44.6 Å². The highest BCUT2D eigenvalue weighted by atomic mass is 16.4. The molecule has 0 atom stereocenters. The Morgan fingerprint density at radius 3 is 2.52 bits per heavy atom. The summed E-state index contributed by atoms with van der Waals surface area (Å²) in [7, 11) is 0. The number of oxime groups is 1. The molecule has 7 nitrogen and oxygen atoms in total. The quantitative estimate of drug-likeness (QED) is 0.219. The van der Waals surface area contributed by atoms with Gasteiger partial charge in [0.1, 0.15) is 0 Å². The summed E-state index contributed by atoms with van der Waals surface area (Å²) in [5, 5.41) is 30.5. The van der Waals surface area contributed by atoms with Gasteiger partial charge in [-0.25, -0.2) is 0 Å². The Morgan fingerprint density at radius 2 is 1.95 bits per heavy atom. The van der Waals surface area contributed by atoms with E-state index in [1.165, 1.54) is 18.2 Å². The first kappa shape index (κ1) is 15.0. The van der Waals surface area contributed by atoms with Crippen LogP contribution in [-0.2, 0) is 0 Å². The van der Waals surface area contributed by atoms with Gasteiger partial charge >= 0.3 is 0 Å². The van der Waals surface area contributed by atoms with Crippen LogP contribution in [0.25, 0.3) is 0 Å². The molecule has 0 heterocycles. The maximum atomic E-state index is 12.6. The van der Waals surface area contributed by atoms with E-state index in [0.29, 0.717) is 0 Å². The van der Waals surface area contributed by atoms with Crippen LogP contribution in [0.2, 0.25) is 0 Å². The van der Waals surface area contributed by atoms with Crippen LogP contribution in [0.15, 0.2) is 23.4 Å². The third-order valence-electron chi connectivity index (χ3n) is 3.71. The SMILES string of the molecule is N/C(CN(C(=O)c1ccc(O)c(O)c1)C1CCCC1)=N/O. The number of amides is 1. The van der Waals surface area contributed by atoms with E-state index in [1.807, 2.05) is 0 Å². The average Bonchev–Trinajstić information content (AvgIpc) is 3.00. The van der Waals surface area contributed by atoms with Crippen molar-refractivity contribution >= 4 is 11.7 Å². The van der Waals surface area contributed by atoms with Crippen LogP contribution in [0.3, 0.4) is 0 Å². The maximum Gasteiger partial charge on any atom is 0.254 e. The van der Waals surface area contributed by atoms with Gasteiger partial charge in [0.2, 0.25) is 0 Å². The number of benzene rings is 1. The van der Waals surface area contributed by atoms with Crippen molar-refractivity contribution in [3.63, 3.8) is 0 Å². The highest BCUT2D eigenvalue weighted by molar-refractivity contribution is 5.97. The molecule has 2 rings (SSSR count). The van der Waals surface area contributed by atoms with Crippen molar-refractivity contribution in [1.82, 2.24) is 4.90 Å². The van der Waals surface area contributed by atoms with Crippen LogP contribution < -0.4 is 5.73 Å². The molecule has 0 saturated heterocycles. The molecule has 0 unspecified atom stereocenters. The first-order valence-electron chi connectivity index (χ1n) is 6.82. The average molecular weight is 293 g/mol. The zero-order valence-electron chi connectivity index (χ0n) is 11.6. The molecule has 1 saturated carbocycles. The number of nitrogens with zero attached hydrogens (tertiary/aromatic N) is 2. The predicted molar refractivity (Wildman–Crippen MR) is 76.5 cm³/mol. The van der Waals surface area contributed by atoms with Gasteiger partial charge in [-0.2, -0.15) is 0 Å². The Kier molecular flexibility index (Phi) is 4.52. The minimum Gasteiger partial charge on any atom is -0.504 e. The molecule has 0 bridgehead atoms. The molecule has 1 aromatic rings. The fourth-order valence-electron chi connectivity index (χ4n) is 2.61. The van der Waals surface area contributed by atoms with Crippen molar-refractivity contribution in [1.29, 1.82) is 0 Å². The van der Waals surface area contributed by atoms with E-state index in [-0.39, 0.29) is 41.4 Å². The third-order valence-corrected chi connectivity index (χ3v) is 3.71. The van der Waals surface area contributed by atoms with Gasteiger partial charge < -0.3 is 26.1 Å². The summed E-state index contributed by atoms with van der Waals surface area (Å²) in [6, 6.07) is 3.95. The Bertz CT molecular complexity index is 553. The molecule has 21 heavy (non-hydrogen) atoms. The van der Waals surface area contributed by atoms with E-state index in [4.69, 9.17) is 10.9 Å². The topological polar surface area (TPSA) is 119 Å². The van der Waals surface area contributed by atoms with Gasteiger partial charge in [0.15, 0.2) is 17.3 Å². The van der Waals surface area contributed by atoms with E-state index >= 15 is 0 Å². The summed E-state index contributed by atoms with van der Waals surface area (Å²) >= 11 is 0. The summed E-state index contributed by atoms with van der Waals surface area (Å²) in [5.74, 6) is -0.992. The number of rotatable bonds is 4. The lowest BCUT2D eigenvalue weighted by Gasteiger charge is -2.28. The van der Waals surface area contributed by atoms with Crippen molar-refractivity contribution in [2.75, 3.05) is 6.54 Å². The maximum absolute atomic E-state index is 12.6. The van der Waals surface area contributed by atoms with Gasteiger partial charge in [-0.3, -0.25) is 4.79 Å². The number of aromatic hydroxyl groups is 2. The molecule has 1 amide bonds. The number of phenolic OH excluding ortho intramolecular Hbond substituents is 2. The van der Waals surface area contributed by atoms with Crippen LogP contribution in [0.1, 0.15) is 36.0 Å². The van der Waals surface area contributed by atoms with E-state index in [0.717, 1.165) is 25.7 Å². The number of phenols is 2. The molecule has 1 aromatic carbocycles. The first-order valence-corrected chi connectivity index (χ1v) is 6.82. The molecule has 1 aliphatic carbocycles. The molecule has 114 valence electrons. The lowest BCUT2D eigenvalue weighted by atomic mass is 10.1. The molecular weight excluding hydrogens is 274 g/mol. The Morgan fingerprint density at radius 1 is 1.29 bits per heavy atom. The molecule has 0 aromatic heterocycles. The normalized spacial score (nSPS) is 16.1. The van der Waals surface area contributed by atoms with Crippen molar-refractivity contribution < 1.29 is 20.2 Å². The van der Waals surface area contributed by atoms with Gasteiger partial charge in [-0.15, -0.1) is 0 Å². The number of hydrogen-bond acceptors (Lipinski definition) is 5. The largest absolute Gasteiger partial charge is 0.504 e. The van der Waals surface area contributed by atoms with E-state index < -0.39 is 0 Å². The highest BCUT2D eigenvalue weighted by Crippen LogP contribution is 2.28. The number of hydrogen-bond donors (Lipinski definition) is 4. The van der Waals surface area contributed by atoms with Crippen LogP contribution in [0.5, 0.6) is 11.5 Å². The summed E-state index contributed by atoms with van der Waals surface area (Å²) in [6.07, 6.45) is 3.81. The first-order chi connectivity index (χ1) is 10.0. The van der Waals surface area contributed by atoms with Crippen molar-refractivity contribution in [2.45, 2.75) is 31.7 Å². The Hall–Kier alpha value is -2.44. The van der Waals surface area contributed by atoms with E-state index in [1.54, 1.807) is 4.90 Å². The summed E-state index contributed by atoms with van der Waals surface area (Å²) < 4.78 is 0. The third kappa shape index (κ3) is 3.36. The number of carbonyl (C=O) groups excluding carboxylic acids is 1. The predicted octanol–water partition coefficient (Wildman–Crippen LogP) is 1.23. The number of amidine groups is 1. The summed E-state index contributed by atoms with van der Waals surface area (Å²) in [5.41, 5.74) is 5.78.